The summed E-state index contributed by atoms with van der Waals surface area (Å²) in [5.74, 6) is 0.0128. The van der Waals surface area contributed by atoms with Crippen LogP contribution in [0.3, 0.4) is 0 Å². The summed E-state index contributed by atoms with van der Waals surface area (Å²) < 4.78 is 22.3. The lowest BCUT2D eigenvalue weighted by molar-refractivity contribution is 0.587. The Morgan fingerprint density at radius 3 is 2.33 bits per heavy atom. The van der Waals surface area contributed by atoms with Crippen molar-refractivity contribution in [1.29, 1.82) is 0 Å². The molecule has 4 nitrogen and oxygen atoms in total. The van der Waals surface area contributed by atoms with E-state index in [-0.39, 0.29) is 10.9 Å². The molecule has 0 aliphatic heterocycles. The maximum absolute atomic E-state index is 11.2. The molecule has 0 amide bonds. The maximum atomic E-state index is 11.2. The number of aromatic nitrogens is 2. The van der Waals surface area contributed by atoms with Crippen molar-refractivity contribution in [3.63, 3.8) is 0 Å². The molecule has 1 aromatic heterocycles. The van der Waals surface area contributed by atoms with Crippen LogP contribution in [0.2, 0.25) is 0 Å². The number of hydrogen-bond acceptors (Lipinski definition) is 5. The van der Waals surface area contributed by atoms with Crippen LogP contribution >= 0.6 is 12.6 Å². The Kier molecular flexibility index (Phi) is 2.69. The van der Waals surface area contributed by atoms with Crippen LogP contribution in [-0.4, -0.2) is 24.1 Å². The second-order valence-electron chi connectivity index (χ2n) is 2.13. The third-order valence-corrected chi connectivity index (χ3v) is 3.03. The molecule has 0 spiro atoms. The minimum atomic E-state index is -3.27. The van der Waals surface area contributed by atoms with Gasteiger partial charge in [0.05, 0.1) is 5.75 Å². The second-order valence-corrected chi connectivity index (χ2v) is 4.82. The van der Waals surface area contributed by atoms with Gasteiger partial charge in [-0.3, -0.25) is 0 Å². The van der Waals surface area contributed by atoms with Crippen LogP contribution in [0, 0.1) is 0 Å². The van der Waals surface area contributed by atoms with Crippen LogP contribution in [0.4, 0.5) is 0 Å². The van der Waals surface area contributed by atoms with Crippen molar-refractivity contribution in [2.45, 2.75) is 17.0 Å². The molecule has 6 heteroatoms. The molecule has 0 bridgehead atoms. The monoisotopic (exact) mass is 204 g/mol. The molecule has 0 fully saturated rings. The van der Waals surface area contributed by atoms with Gasteiger partial charge in [0, 0.05) is 17.3 Å². The van der Waals surface area contributed by atoms with Crippen LogP contribution in [0.15, 0.2) is 22.4 Å². The summed E-state index contributed by atoms with van der Waals surface area (Å²) in [7, 11) is -3.27. The van der Waals surface area contributed by atoms with E-state index in [0.717, 1.165) is 0 Å². The molecule has 1 aromatic rings. The fourth-order valence-corrected chi connectivity index (χ4v) is 1.40. The highest BCUT2D eigenvalue weighted by Crippen LogP contribution is 2.06. The lowest BCUT2D eigenvalue weighted by Crippen LogP contribution is -2.08. The number of sulfone groups is 1. The Balaban J connectivity index is 3.14. The van der Waals surface area contributed by atoms with E-state index in [4.69, 9.17) is 0 Å². The SMILES string of the molecule is CCS(=O)(=O)c1ncc(S)cn1. The molecule has 0 atom stereocenters. The molecule has 0 saturated carbocycles. The smallest absolute Gasteiger partial charge is 0.226 e. The van der Waals surface area contributed by atoms with Crippen LogP contribution in [0.25, 0.3) is 0 Å². The van der Waals surface area contributed by atoms with Gasteiger partial charge >= 0.3 is 0 Å². The van der Waals surface area contributed by atoms with E-state index >= 15 is 0 Å². The van der Waals surface area contributed by atoms with Crippen molar-refractivity contribution in [3.05, 3.63) is 12.4 Å². The molecule has 12 heavy (non-hydrogen) atoms. The van der Waals surface area contributed by atoms with Crippen LogP contribution in [-0.2, 0) is 9.84 Å². The van der Waals surface area contributed by atoms with Crippen LogP contribution < -0.4 is 0 Å². The second kappa shape index (κ2) is 3.40. The maximum Gasteiger partial charge on any atom is 0.247 e. The van der Waals surface area contributed by atoms with Gasteiger partial charge in [-0.25, -0.2) is 18.4 Å². The Hall–Kier alpha value is -0.620. The first-order valence-corrected chi connectivity index (χ1v) is 5.40. The summed E-state index contributed by atoms with van der Waals surface area (Å²) in [5.41, 5.74) is 0. The highest BCUT2D eigenvalue weighted by molar-refractivity contribution is 7.91. The predicted molar refractivity (Wildman–Crippen MR) is 47.0 cm³/mol. The number of thiol groups is 1. The fourth-order valence-electron chi connectivity index (χ4n) is 0.599. The van der Waals surface area contributed by atoms with Crippen LogP contribution in [0.1, 0.15) is 6.92 Å². The van der Waals surface area contributed by atoms with E-state index in [0.29, 0.717) is 4.90 Å². The largest absolute Gasteiger partial charge is 0.247 e. The predicted octanol–water partition coefficient (Wildman–Crippen LogP) is 0.559. The first-order valence-electron chi connectivity index (χ1n) is 3.30. The van der Waals surface area contributed by atoms with Crippen molar-refractivity contribution < 1.29 is 8.42 Å². The van der Waals surface area contributed by atoms with Crippen molar-refractivity contribution in [2.75, 3.05) is 5.75 Å². The zero-order chi connectivity index (χ0) is 9.19. The van der Waals surface area contributed by atoms with Crippen molar-refractivity contribution in [1.82, 2.24) is 9.97 Å². The lowest BCUT2D eigenvalue weighted by Gasteiger charge is -1.97. The Labute approximate surface area is 76.4 Å². The average molecular weight is 204 g/mol. The third-order valence-electron chi connectivity index (χ3n) is 1.27. The van der Waals surface area contributed by atoms with Gasteiger partial charge in [-0.15, -0.1) is 12.6 Å². The first-order chi connectivity index (χ1) is 5.56. The normalized spacial score (nSPS) is 11.5. The molecule has 0 aromatic carbocycles. The van der Waals surface area contributed by atoms with E-state index in [2.05, 4.69) is 22.6 Å². The third kappa shape index (κ3) is 1.95. The highest BCUT2D eigenvalue weighted by Gasteiger charge is 2.13. The molecule has 1 rings (SSSR count). The van der Waals surface area contributed by atoms with Gasteiger partial charge < -0.3 is 0 Å². The van der Waals surface area contributed by atoms with Crippen LogP contribution in [0.5, 0.6) is 0 Å². The summed E-state index contributed by atoms with van der Waals surface area (Å²) in [5, 5.41) is -0.136. The van der Waals surface area contributed by atoms with Gasteiger partial charge in [-0.05, 0) is 0 Å². The van der Waals surface area contributed by atoms with Crippen molar-refractivity contribution in [3.8, 4) is 0 Å². The van der Waals surface area contributed by atoms with E-state index < -0.39 is 9.84 Å². The quantitative estimate of drug-likeness (QED) is 0.565. The van der Waals surface area contributed by atoms with Gasteiger partial charge in [-0.2, -0.15) is 0 Å². The molecule has 1 heterocycles. The molecular formula is C6H8N2O2S2. The fraction of sp³-hybridized carbons (Fsp3) is 0.333. The number of rotatable bonds is 2. The molecule has 0 aliphatic carbocycles. The lowest BCUT2D eigenvalue weighted by atomic mass is 10.7. The van der Waals surface area contributed by atoms with E-state index in [9.17, 15) is 8.42 Å². The standard InChI is InChI=1S/C6H8N2O2S2/c1-2-12(9,10)6-7-3-5(11)4-8-6/h3-4,11H,2H2,1H3. The zero-order valence-electron chi connectivity index (χ0n) is 6.43. The van der Waals surface area contributed by atoms with Gasteiger partial charge in [0.2, 0.25) is 15.0 Å². The summed E-state index contributed by atoms with van der Waals surface area (Å²) in [4.78, 5) is 7.84. The summed E-state index contributed by atoms with van der Waals surface area (Å²) in [6.45, 7) is 1.55. The average Bonchev–Trinajstić information content (AvgIpc) is 2.05. The summed E-state index contributed by atoms with van der Waals surface area (Å²) >= 11 is 3.94. The molecule has 0 saturated heterocycles. The highest BCUT2D eigenvalue weighted by atomic mass is 32.2. The first kappa shape index (κ1) is 9.47. The molecule has 0 unspecified atom stereocenters. The van der Waals surface area contributed by atoms with Crippen molar-refractivity contribution >= 4 is 22.5 Å². The van der Waals surface area contributed by atoms with Gasteiger partial charge in [0.15, 0.2) is 0 Å². The molecule has 0 radical (unpaired) electrons. The topological polar surface area (TPSA) is 59.9 Å². The molecule has 66 valence electrons. The minimum Gasteiger partial charge on any atom is -0.226 e. The Morgan fingerprint density at radius 2 is 1.92 bits per heavy atom. The minimum absolute atomic E-state index is 0.0128. The molecular weight excluding hydrogens is 196 g/mol. The zero-order valence-corrected chi connectivity index (χ0v) is 8.14. The van der Waals surface area contributed by atoms with E-state index in [1.807, 2.05) is 0 Å². The van der Waals surface area contributed by atoms with Gasteiger partial charge in [0.1, 0.15) is 0 Å². The molecule has 0 aliphatic rings. The Morgan fingerprint density at radius 1 is 1.42 bits per heavy atom. The number of nitrogens with zero attached hydrogens (tertiary/aromatic N) is 2. The summed E-state index contributed by atoms with van der Waals surface area (Å²) in [6, 6.07) is 0. The van der Waals surface area contributed by atoms with Gasteiger partial charge in [0.25, 0.3) is 0 Å². The van der Waals surface area contributed by atoms with Gasteiger partial charge in [-0.1, -0.05) is 6.92 Å². The summed E-state index contributed by atoms with van der Waals surface area (Å²) in [6.07, 6.45) is 2.72. The Bertz CT molecular complexity index is 358. The number of hydrogen-bond donors (Lipinski definition) is 1. The van der Waals surface area contributed by atoms with E-state index in [1.54, 1.807) is 6.92 Å². The molecule has 0 N–H and O–H groups in total. The van der Waals surface area contributed by atoms with Crippen molar-refractivity contribution in [2.24, 2.45) is 0 Å². The van der Waals surface area contributed by atoms with E-state index in [1.165, 1.54) is 12.4 Å².